The zero-order valence-electron chi connectivity index (χ0n) is 28.5. The number of carbonyl (C=O) groups excluding carboxylic acids is 3. The summed E-state index contributed by atoms with van der Waals surface area (Å²) in [5.74, 6) is 0.323. The molecule has 258 valence electrons. The summed E-state index contributed by atoms with van der Waals surface area (Å²) in [7, 11) is 1.58. The first-order valence-corrected chi connectivity index (χ1v) is 17.2. The Morgan fingerprint density at radius 3 is 2.31 bits per heavy atom. The standard InChI is InChI=1S/C38H46N6O5/c1-3-49-37(46)17-9-7-5-4-6-8-16-36(45)44-24-22-43(23-25-44)30-13-10-12-28(26-30)29-18-19-33(35(27-29)48-2)41-38(47)34-15-11-14-31(40-34)32-20-21-39-42-32/h10-15,18-21,26-27H,3-9,16-17,22-25H2,1-2H3,(H,39,42)(H,41,47). The van der Waals surface area contributed by atoms with Crippen LogP contribution in [-0.4, -0.2) is 77.8 Å². The SMILES string of the molecule is CCOC(=O)CCCCCCCCC(=O)N1CCN(c2cccc(-c3ccc(NC(=O)c4cccc(-c5ccn[nH]5)n4)c(OC)c3)c2)CC1. The predicted molar refractivity (Wildman–Crippen MR) is 191 cm³/mol. The van der Waals surface area contributed by atoms with Crippen LogP contribution in [0.5, 0.6) is 5.75 Å². The lowest BCUT2D eigenvalue weighted by Crippen LogP contribution is -2.48. The summed E-state index contributed by atoms with van der Waals surface area (Å²) in [6.45, 7) is 5.24. The van der Waals surface area contributed by atoms with Gasteiger partial charge in [0.1, 0.15) is 11.4 Å². The number of benzene rings is 2. The minimum atomic E-state index is -0.341. The minimum absolute atomic E-state index is 0.112. The Hall–Kier alpha value is -5.19. The second-order valence-corrected chi connectivity index (χ2v) is 12.1. The molecule has 1 aliphatic heterocycles. The lowest BCUT2D eigenvalue weighted by Gasteiger charge is -2.36. The monoisotopic (exact) mass is 666 g/mol. The van der Waals surface area contributed by atoms with Gasteiger partial charge in [0.2, 0.25) is 5.91 Å². The van der Waals surface area contributed by atoms with Crippen molar-refractivity contribution >= 4 is 29.2 Å². The number of esters is 1. The molecule has 2 N–H and O–H groups in total. The molecule has 0 bridgehead atoms. The fourth-order valence-electron chi connectivity index (χ4n) is 6.01. The molecule has 49 heavy (non-hydrogen) atoms. The van der Waals surface area contributed by atoms with Crippen LogP contribution in [0, 0.1) is 0 Å². The number of nitrogens with one attached hydrogen (secondary N) is 2. The van der Waals surface area contributed by atoms with Gasteiger partial charge >= 0.3 is 5.97 Å². The molecule has 2 amide bonds. The van der Waals surface area contributed by atoms with Crippen molar-refractivity contribution in [3.05, 3.63) is 78.6 Å². The van der Waals surface area contributed by atoms with Crippen LogP contribution < -0.4 is 15.0 Å². The van der Waals surface area contributed by atoms with Crippen molar-refractivity contribution in [3.8, 4) is 28.3 Å². The van der Waals surface area contributed by atoms with Crippen molar-refractivity contribution in [2.24, 2.45) is 0 Å². The number of nitrogens with zero attached hydrogens (tertiary/aromatic N) is 4. The topological polar surface area (TPSA) is 130 Å². The summed E-state index contributed by atoms with van der Waals surface area (Å²) in [6.07, 6.45) is 8.72. The molecule has 11 heteroatoms. The molecule has 3 heterocycles. The van der Waals surface area contributed by atoms with Gasteiger partial charge in [0.15, 0.2) is 0 Å². The highest BCUT2D eigenvalue weighted by Gasteiger charge is 2.21. The molecule has 4 aromatic rings. The number of hydrogen-bond acceptors (Lipinski definition) is 8. The van der Waals surface area contributed by atoms with E-state index in [0.717, 1.165) is 74.1 Å². The van der Waals surface area contributed by atoms with Crippen LogP contribution in [0.3, 0.4) is 0 Å². The molecule has 1 saturated heterocycles. The van der Waals surface area contributed by atoms with Crippen LogP contribution in [-0.2, 0) is 14.3 Å². The lowest BCUT2D eigenvalue weighted by molar-refractivity contribution is -0.143. The van der Waals surface area contributed by atoms with Gasteiger partial charge in [0.25, 0.3) is 5.91 Å². The van der Waals surface area contributed by atoms with E-state index >= 15 is 0 Å². The molecule has 0 aliphatic carbocycles. The maximum absolute atomic E-state index is 13.1. The zero-order valence-corrected chi connectivity index (χ0v) is 28.5. The zero-order chi connectivity index (χ0) is 34.4. The number of unbranched alkanes of at least 4 members (excludes halogenated alkanes) is 5. The average Bonchev–Trinajstić information content (AvgIpc) is 3.69. The minimum Gasteiger partial charge on any atom is -0.495 e. The van der Waals surface area contributed by atoms with Gasteiger partial charge < -0.3 is 24.6 Å². The second kappa shape index (κ2) is 17.8. The van der Waals surface area contributed by atoms with Crippen LogP contribution in [0.25, 0.3) is 22.5 Å². The summed E-state index contributed by atoms with van der Waals surface area (Å²) in [4.78, 5) is 46.1. The molecule has 0 spiro atoms. The normalized spacial score (nSPS) is 12.9. The fourth-order valence-corrected chi connectivity index (χ4v) is 6.01. The number of methoxy groups -OCH3 is 1. The van der Waals surface area contributed by atoms with Gasteiger partial charge in [-0.05, 0) is 73.4 Å². The smallest absolute Gasteiger partial charge is 0.305 e. The van der Waals surface area contributed by atoms with Crippen LogP contribution in [0.2, 0.25) is 0 Å². The number of carbonyl (C=O) groups is 3. The number of aromatic nitrogens is 3. The highest BCUT2D eigenvalue weighted by Crippen LogP contribution is 2.33. The van der Waals surface area contributed by atoms with E-state index in [4.69, 9.17) is 9.47 Å². The van der Waals surface area contributed by atoms with E-state index in [1.54, 1.807) is 31.5 Å². The highest BCUT2D eigenvalue weighted by atomic mass is 16.5. The van der Waals surface area contributed by atoms with E-state index in [1.807, 2.05) is 42.2 Å². The van der Waals surface area contributed by atoms with Crippen molar-refractivity contribution < 1.29 is 23.9 Å². The number of piperazine rings is 1. The number of amides is 2. The Kier molecular flexibility index (Phi) is 12.8. The van der Waals surface area contributed by atoms with Crippen LogP contribution >= 0.6 is 0 Å². The van der Waals surface area contributed by atoms with Gasteiger partial charge in [-0.15, -0.1) is 0 Å². The second-order valence-electron chi connectivity index (χ2n) is 12.1. The number of pyridine rings is 1. The predicted octanol–water partition coefficient (Wildman–Crippen LogP) is 6.73. The number of H-pyrrole nitrogens is 1. The molecular weight excluding hydrogens is 620 g/mol. The quantitative estimate of drug-likeness (QED) is 0.0995. The van der Waals surface area contributed by atoms with E-state index in [9.17, 15) is 14.4 Å². The number of rotatable bonds is 16. The van der Waals surface area contributed by atoms with Crippen molar-refractivity contribution in [3.63, 3.8) is 0 Å². The molecule has 1 fully saturated rings. The third kappa shape index (κ3) is 9.91. The maximum Gasteiger partial charge on any atom is 0.305 e. The Morgan fingerprint density at radius 1 is 0.837 bits per heavy atom. The maximum atomic E-state index is 13.1. The van der Waals surface area contributed by atoms with Gasteiger partial charge in [0, 0.05) is 50.9 Å². The number of aromatic amines is 1. The molecule has 2 aromatic carbocycles. The largest absolute Gasteiger partial charge is 0.495 e. The molecule has 0 unspecified atom stereocenters. The van der Waals surface area contributed by atoms with E-state index in [2.05, 4.69) is 43.6 Å². The average molecular weight is 667 g/mol. The van der Waals surface area contributed by atoms with E-state index in [-0.39, 0.29) is 23.5 Å². The van der Waals surface area contributed by atoms with Gasteiger partial charge in [-0.2, -0.15) is 5.10 Å². The van der Waals surface area contributed by atoms with Crippen molar-refractivity contribution in [2.75, 3.05) is 50.1 Å². The molecule has 1 aliphatic rings. The van der Waals surface area contributed by atoms with Crippen LogP contribution in [0.15, 0.2) is 72.9 Å². The van der Waals surface area contributed by atoms with Gasteiger partial charge in [-0.3, -0.25) is 19.5 Å². The number of ether oxygens (including phenoxy) is 2. The van der Waals surface area contributed by atoms with E-state index in [0.29, 0.717) is 49.7 Å². The third-order valence-electron chi connectivity index (χ3n) is 8.71. The number of hydrogen-bond donors (Lipinski definition) is 2. The summed E-state index contributed by atoms with van der Waals surface area (Å²) in [5.41, 5.74) is 5.28. The molecule has 0 atom stereocenters. The van der Waals surface area contributed by atoms with Crippen LogP contribution in [0.1, 0.15) is 68.8 Å². The first-order valence-electron chi connectivity index (χ1n) is 17.2. The Morgan fingerprint density at radius 2 is 1.57 bits per heavy atom. The highest BCUT2D eigenvalue weighted by molar-refractivity contribution is 6.04. The van der Waals surface area contributed by atoms with Crippen molar-refractivity contribution in [1.82, 2.24) is 20.1 Å². The Bertz CT molecular complexity index is 1680. The summed E-state index contributed by atoms with van der Waals surface area (Å²) >= 11 is 0. The fraction of sp³-hybridized carbons (Fsp3) is 0.395. The molecule has 0 radical (unpaired) electrons. The first-order chi connectivity index (χ1) is 23.9. The lowest BCUT2D eigenvalue weighted by atomic mass is 10.0. The summed E-state index contributed by atoms with van der Waals surface area (Å²) in [6, 6.07) is 21.1. The van der Waals surface area contributed by atoms with E-state index < -0.39 is 0 Å². The first kappa shape index (κ1) is 35.1. The molecule has 0 saturated carbocycles. The Labute approximate surface area is 288 Å². The number of anilines is 2. The molecule has 2 aromatic heterocycles. The van der Waals surface area contributed by atoms with Crippen molar-refractivity contribution in [1.29, 1.82) is 0 Å². The summed E-state index contributed by atoms with van der Waals surface area (Å²) in [5, 5.41) is 9.76. The van der Waals surface area contributed by atoms with Gasteiger partial charge in [0.05, 0.1) is 30.8 Å². The van der Waals surface area contributed by atoms with E-state index in [1.165, 1.54) is 0 Å². The van der Waals surface area contributed by atoms with Gasteiger partial charge in [-0.25, -0.2) is 4.98 Å². The van der Waals surface area contributed by atoms with Crippen LogP contribution in [0.4, 0.5) is 11.4 Å². The Balaban J connectivity index is 1.09. The summed E-state index contributed by atoms with van der Waals surface area (Å²) < 4.78 is 10.6. The molecule has 5 rings (SSSR count). The third-order valence-corrected chi connectivity index (χ3v) is 8.71. The molecule has 11 nitrogen and oxygen atoms in total. The molecular formula is C38H46N6O5. The van der Waals surface area contributed by atoms with Gasteiger partial charge in [-0.1, -0.05) is 49.9 Å². The van der Waals surface area contributed by atoms with Crippen molar-refractivity contribution in [2.45, 2.75) is 58.3 Å².